The van der Waals surface area contributed by atoms with E-state index in [9.17, 15) is 12.8 Å². The minimum Gasteiger partial charge on any atom is -0.455 e. The van der Waals surface area contributed by atoms with E-state index in [1.54, 1.807) is 12.1 Å². The highest BCUT2D eigenvalue weighted by Gasteiger charge is 2.31. The molecule has 0 amide bonds. The van der Waals surface area contributed by atoms with Crippen molar-refractivity contribution in [3.8, 4) is 11.5 Å². The van der Waals surface area contributed by atoms with Gasteiger partial charge in [-0.05, 0) is 36.4 Å². The van der Waals surface area contributed by atoms with Crippen LogP contribution in [0.25, 0.3) is 0 Å². The molecule has 18 heavy (non-hydrogen) atoms. The Morgan fingerprint density at radius 1 is 1.00 bits per heavy atom. The SMILES string of the molecule is O=S1(=O)c2cc(F)ccc2Oc2ccc(Br)cc21. The van der Waals surface area contributed by atoms with Gasteiger partial charge >= 0.3 is 0 Å². The zero-order valence-corrected chi connectivity index (χ0v) is 11.3. The van der Waals surface area contributed by atoms with Gasteiger partial charge in [-0.3, -0.25) is 0 Å². The average Bonchev–Trinajstić information content (AvgIpc) is 2.32. The van der Waals surface area contributed by atoms with Crippen LogP contribution in [-0.2, 0) is 9.84 Å². The zero-order valence-electron chi connectivity index (χ0n) is 8.85. The summed E-state index contributed by atoms with van der Waals surface area (Å²) in [5, 5.41) is 0. The molecule has 1 aliphatic rings. The summed E-state index contributed by atoms with van der Waals surface area (Å²) in [5.74, 6) is -0.220. The molecule has 0 aliphatic carbocycles. The lowest BCUT2D eigenvalue weighted by Gasteiger charge is -2.20. The Bertz CT molecular complexity index is 698. The van der Waals surface area contributed by atoms with Gasteiger partial charge in [0, 0.05) is 4.47 Å². The molecule has 92 valence electrons. The molecule has 3 nitrogen and oxygen atoms in total. The van der Waals surface area contributed by atoms with Gasteiger partial charge in [-0.25, -0.2) is 12.8 Å². The first kappa shape index (κ1) is 11.7. The molecule has 0 fully saturated rings. The molecular formula is C12H6BrFO3S. The van der Waals surface area contributed by atoms with Crippen molar-refractivity contribution >= 4 is 25.8 Å². The van der Waals surface area contributed by atoms with Gasteiger partial charge in [0.05, 0.1) is 0 Å². The van der Waals surface area contributed by atoms with Gasteiger partial charge in [0.2, 0.25) is 9.84 Å². The highest BCUT2D eigenvalue weighted by atomic mass is 79.9. The van der Waals surface area contributed by atoms with E-state index in [4.69, 9.17) is 4.74 Å². The van der Waals surface area contributed by atoms with Crippen LogP contribution in [0.15, 0.2) is 50.7 Å². The van der Waals surface area contributed by atoms with Gasteiger partial charge < -0.3 is 4.74 Å². The number of rotatable bonds is 0. The smallest absolute Gasteiger partial charge is 0.214 e. The third kappa shape index (κ3) is 1.64. The fourth-order valence-corrected chi connectivity index (χ4v) is 3.84. The topological polar surface area (TPSA) is 43.4 Å². The third-order valence-electron chi connectivity index (χ3n) is 2.61. The van der Waals surface area contributed by atoms with Gasteiger partial charge in [-0.15, -0.1) is 0 Å². The van der Waals surface area contributed by atoms with E-state index in [0.717, 1.165) is 12.1 Å². The number of sulfone groups is 1. The third-order valence-corrected chi connectivity index (χ3v) is 4.90. The Morgan fingerprint density at radius 3 is 2.33 bits per heavy atom. The van der Waals surface area contributed by atoms with Gasteiger partial charge in [-0.1, -0.05) is 15.9 Å². The summed E-state index contributed by atoms with van der Waals surface area (Å²) in [6, 6.07) is 8.13. The minimum absolute atomic E-state index is 0.0370. The van der Waals surface area contributed by atoms with Crippen LogP contribution in [0.4, 0.5) is 4.39 Å². The molecule has 0 bridgehead atoms. The highest BCUT2D eigenvalue weighted by Crippen LogP contribution is 2.43. The molecule has 6 heteroatoms. The van der Waals surface area contributed by atoms with E-state index >= 15 is 0 Å². The van der Waals surface area contributed by atoms with Crippen LogP contribution in [0.3, 0.4) is 0 Å². The van der Waals surface area contributed by atoms with E-state index in [1.807, 2.05) is 0 Å². The van der Waals surface area contributed by atoms with Crippen LogP contribution in [-0.4, -0.2) is 8.42 Å². The molecule has 0 radical (unpaired) electrons. The number of hydrogen-bond donors (Lipinski definition) is 0. The summed E-state index contributed by atoms with van der Waals surface area (Å²) in [7, 11) is -3.74. The lowest BCUT2D eigenvalue weighted by molar-refractivity contribution is 0.440. The van der Waals surface area contributed by atoms with Crippen molar-refractivity contribution in [3.63, 3.8) is 0 Å². The second-order valence-corrected chi connectivity index (χ2v) is 6.59. The second-order valence-electron chi connectivity index (χ2n) is 3.79. The maximum absolute atomic E-state index is 13.2. The summed E-state index contributed by atoms with van der Waals surface area (Å²) in [6.07, 6.45) is 0. The molecule has 0 saturated heterocycles. The van der Waals surface area contributed by atoms with Gasteiger partial charge in [0.25, 0.3) is 0 Å². The van der Waals surface area contributed by atoms with Crippen molar-refractivity contribution in [3.05, 3.63) is 46.7 Å². The van der Waals surface area contributed by atoms with Crippen LogP contribution in [0.5, 0.6) is 11.5 Å². The lowest BCUT2D eigenvalue weighted by atomic mass is 10.3. The first-order valence-corrected chi connectivity index (χ1v) is 7.28. The Hall–Kier alpha value is -1.40. The number of hydrogen-bond acceptors (Lipinski definition) is 3. The Morgan fingerprint density at radius 2 is 1.61 bits per heavy atom. The summed E-state index contributed by atoms with van der Waals surface area (Å²) >= 11 is 3.20. The lowest BCUT2D eigenvalue weighted by Crippen LogP contribution is -2.11. The van der Waals surface area contributed by atoms with Gasteiger partial charge in [0.1, 0.15) is 27.1 Å². The van der Waals surface area contributed by atoms with E-state index < -0.39 is 15.7 Å². The van der Waals surface area contributed by atoms with E-state index in [1.165, 1.54) is 12.1 Å². The van der Waals surface area contributed by atoms with Crippen LogP contribution >= 0.6 is 15.9 Å². The van der Waals surface area contributed by atoms with Crippen molar-refractivity contribution < 1.29 is 17.5 Å². The minimum atomic E-state index is -3.74. The molecule has 0 spiro atoms. The predicted molar refractivity (Wildman–Crippen MR) is 66.1 cm³/mol. The second kappa shape index (κ2) is 3.80. The average molecular weight is 329 g/mol. The fourth-order valence-electron chi connectivity index (χ4n) is 1.79. The first-order chi connectivity index (χ1) is 8.48. The molecule has 0 N–H and O–H groups in total. The van der Waals surface area contributed by atoms with Crippen LogP contribution in [0.1, 0.15) is 0 Å². The highest BCUT2D eigenvalue weighted by molar-refractivity contribution is 9.10. The monoisotopic (exact) mass is 328 g/mol. The largest absolute Gasteiger partial charge is 0.455 e. The fraction of sp³-hybridized carbons (Fsp3) is 0. The normalized spacial score (nSPS) is 15.4. The molecule has 2 aromatic carbocycles. The van der Waals surface area contributed by atoms with Crippen molar-refractivity contribution in [2.75, 3.05) is 0 Å². The Balaban J connectivity index is 2.34. The van der Waals surface area contributed by atoms with Crippen LogP contribution < -0.4 is 4.74 Å². The predicted octanol–water partition coefficient (Wildman–Crippen LogP) is 3.53. The molecule has 2 aromatic rings. The number of fused-ring (bicyclic) bond motifs is 2. The van der Waals surface area contributed by atoms with E-state index in [-0.39, 0.29) is 21.3 Å². The number of halogens is 2. The maximum atomic E-state index is 13.2. The summed E-state index contributed by atoms with van der Waals surface area (Å²) < 4.78 is 43.9. The number of ether oxygens (including phenoxy) is 1. The summed E-state index contributed by atoms with van der Waals surface area (Å²) in [5.41, 5.74) is 0. The molecule has 1 heterocycles. The van der Waals surface area contributed by atoms with Gasteiger partial charge in [-0.2, -0.15) is 0 Å². The van der Waals surface area contributed by atoms with Crippen molar-refractivity contribution in [2.45, 2.75) is 9.79 Å². The van der Waals surface area contributed by atoms with Crippen molar-refractivity contribution in [1.82, 2.24) is 0 Å². The van der Waals surface area contributed by atoms with Crippen molar-refractivity contribution in [2.24, 2.45) is 0 Å². The van der Waals surface area contributed by atoms with E-state index in [0.29, 0.717) is 4.47 Å². The quantitative estimate of drug-likeness (QED) is 0.634. The molecule has 0 atom stereocenters. The standard InChI is InChI=1S/C12H6BrFO3S/c13-7-1-3-9-11(5-7)18(15,16)12-6-8(14)2-4-10(12)17-9/h1-6H. The molecular weight excluding hydrogens is 323 g/mol. The van der Waals surface area contributed by atoms with Crippen molar-refractivity contribution in [1.29, 1.82) is 0 Å². The van der Waals surface area contributed by atoms with E-state index in [2.05, 4.69) is 15.9 Å². The molecule has 0 unspecified atom stereocenters. The molecule has 0 saturated carbocycles. The maximum Gasteiger partial charge on any atom is 0.214 e. The number of benzene rings is 2. The van der Waals surface area contributed by atoms with Gasteiger partial charge in [0.15, 0.2) is 0 Å². The molecule has 3 rings (SSSR count). The zero-order chi connectivity index (χ0) is 12.9. The summed E-state index contributed by atoms with van der Waals surface area (Å²) in [4.78, 5) is -0.108. The van der Waals surface area contributed by atoms with Crippen LogP contribution in [0, 0.1) is 5.82 Å². The Labute approximate surface area is 111 Å². The molecule has 1 aliphatic heterocycles. The van der Waals surface area contributed by atoms with Crippen LogP contribution in [0.2, 0.25) is 0 Å². The Kier molecular flexibility index (Phi) is 2.46. The summed E-state index contributed by atoms with van der Waals surface area (Å²) in [6.45, 7) is 0. The first-order valence-electron chi connectivity index (χ1n) is 5.00. The molecule has 0 aromatic heterocycles.